The molecule has 0 radical (unpaired) electrons. The Bertz CT molecular complexity index is 920. The average Bonchev–Trinajstić information content (AvgIpc) is 3.59. The summed E-state index contributed by atoms with van der Waals surface area (Å²) in [6.07, 6.45) is 2.09. The van der Waals surface area contributed by atoms with Gasteiger partial charge in [-0.1, -0.05) is 6.07 Å². The van der Waals surface area contributed by atoms with Gasteiger partial charge in [0.2, 0.25) is 5.91 Å². The summed E-state index contributed by atoms with van der Waals surface area (Å²) < 4.78 is 0. The molecule has 2 fully saturated rings. The molecule has 4 rings (SSSR count). The second kappa shape index (κ2) is 7.73. The molecule has 1 N–H and O–H groups in total. The van der Waals surface area contributed by atoms with Crippen LogP contribution in [0.5, 0.6) is 0 Å². The molecular formula is C22H22N4O2. The fourth-order valence-electron chi connectivity index (χ4n) is 3.47. The van der Waals surface area contributed by atoms with Crippen LogP contribution in [0.15, 0.2) is 48.5 Å². The second-order valence-corrected chi connectivity index (χ2v) is 7.28. The van der Waals surface area contributed by atoms with Gasteiger partial charge in [0.15, 0.2) is 0 Å². The van der Waals surface area contributed by atoms with Gasteiger partial charge in [0.25, 0.3) is 5.91 Å². The van der Waals surface area contributed by atoms with Crippen LogP contribution in [-0.2, 0) is 4.79 Å². The lowest BCUT2D eigenvalue weighted by Crippen LogP contribution is -2.49. The molecule has 1 aliphatic heterocycles. The topological polar surface area (TPSA) is 76.4 Å². The number of nitrogens with one attached hydrogen (secondary N) is 1. The minimum absolute atomic E-state index is 0.207. The molecule has 0 unspecified atom stereocenters. The summed E-state index contributed by atoms with van der Waals surface area (Å²) in [5, 5.41) is 11.8. The highest BCUT2D eigenvalue weighted by atomic mass is 16.2. The Kier molecular flexibility index (Phi) is 4.98. The van der Waals surface area contributed by atoms with E-state index in [4.69, 9.17) is 5.26 Å². The second-order valence-electron chi connectivity index (χ2n) is 7.28. The summed E-state index contributed by atoms with van der Waals surface area (Å²) in [6, 6.07) is 16.4. The molecule has 6 heteroatoms. The number of anilines is 2. The normalized spacial score (nSPS) is 16.4. The molecule has 1 saturated heterocycles. The van der Waals surface area contributed by atoms with Crippen molar-refractivity contribution >= 4 is 23.2 Å². The van der Waals surface area contributed by atoms with Crippen LogP contribution in [-0.4, -0.2) is 42.9 Å². The fraction of sp³-hybridized carbons (Fsp3) is 0.318. The highest BCUT2D eigenvalue weighted by molar-refractivity contribution is 6.04. The number of rotatable bonds is 4. The molecule has 142 valence electrons. The van der Waals surface area contributed by atoms with Crippen molar-refractivity contribution in [1.82, 2.24) is 4.90 Å². The lowest BCUT2D eigenvalue weighted by Gasteiger charge is -2.36. The molecular weight excluding hydrogens is 352 g/mol. The molecule has 0 atom stereocenters. The molecule has 2 aromatic rings. The van der Waals surface area contributed by atoms with Gasteiger partial charge < -0.3 is 15.1 Å². The van der Waals surface area contributed by atoms with E-state index in [-0.39, 0.29) is 11.8 Å². The standard InChI is InChI=1S/C22H22N4O2/c23-15-16-2-1-3-19(14-16)24-21(27)17-6-8-20(9-7-17)25-10-12-26(13-11-25)22(28)18-4-5-18/h1-3,6-9,14,18H,4-5,10-13H2,(H,24,27). The fourth-order valence-corrected chi connectivity index (χ4v) is 3.47. The van der Waals surface area contributed by atoms with Gasteiger partial charge in [0, 0.05) is 49.0 Å². The maximum absolute atomic E-state index is 12.4. The summed E-state index contributed by atoms with van der Waals surface area (Å²) in [5.41, 5.74) is 2.73. The third-order valence-corrected chi connectivity index (χ3v) is 5.26. The zero-order valence-corrected chi connectivity index (χ0v) is 15.6. The molecule has 1 heterocycles. The van der Waals surface area contributed by atoms with Gasteiger partial charge in [0.1, 0.15) is 0 Å². The zero-order valence-electron chi connectivity index (χ0n) is 15.6. The van der Waals surface area contributed by atoms with E-state index in [0.29, 0.717) is 22.7 Å². The summed E-state index contributed by atoms with van der Waals surface area (Å²) in [6.45, 7) is 3.13. The van der Waals surface area contributed by atoms with Crippen molar-refractivity contribution in [2.24, 2.45) is 5.92 Å². The van der Waals surface area contributed by atoms with Crippen LogP contribution in [0.25, 0.3) is 0 Å². The van der Waals surface area contributed by atoms with Crippen LogP contribution in [0.3, 0.4) is 0 Å². The lowest BCUT2D eigenvalue weighted by atomic mass is 10.1. The number of benzene rings is 2. The monoisotopic (exact) mass is 374 g/mol. The van der Waals surface area contributed by atoms with Crippen molar-refractivity contribution in [3.05, 3.63) is 59.7 Å². The molecule has 28 heavy (non-hydrogen) atoms. The Labute approximate surface area is 164 Å². The van der Waals surface area contributed by atoms with Crippen molar-refractivity contribution in [3.63, 3.8) is 0 Å². The van der Waals surface area contributed by atoms with E-state index in [9.17, 15) is 9.59 Å². The molecule has 6 nitrogen and oxygen atoms in total. The van der Waals surface area contributed by atoms with E-state index in [1.807, 2.05) is 17.0 Å². The molecule has 1 aliphatic carbocycles. The van der Waals surface area contributed by atoms with E-state index in [2.05, 4.69) is 16.3 Å². The van der Waals surface area contributed by atoms with Crippen LogP contribution < -0.4 is 10.2 Å². The number of nitrogens with zero attached hydrogens (tertiary/aromatic N) is 3. The number of nitriles is 1. The predicted molar refractivity (Wildman–Crippen MR) is 107 cm³/mol. The highest BCUT2D eigenvalue weighted by Gasteiger charge is 2.34. The quantitative estimate of drug-likeness (QED) is 0.893. The zero-order chi connectivity index (χ0) is 19.5. The van der Waals surface area contributed by atoms with Crippen LogP contribution in [0, 0.1) is 17.2 Å². The first-order valence-corrected chi connectivity index (χ1v) is 9.59. The van der Waals surface area contributed by atoms with Crippen molar-refractivity contribution in [2.45, 2.75) is 12.8 Å². The smallest absolute Gasteiger partial charge is 0.255 e. The first kappa shape index (κ1) is 18.1. The summed E-state index contributed by atoms with van der Waals surface area (Å²) >= 11 is 0. The van der Waals surface area contributed by atoms with Crippen LogP contribution in [0.1, 0.15) is 28.8 Å². The van der Waals surface area contributed by atoms with E-state index in [1.165, 1.54) is 0 Å². The van der Waals surface area contributed by atoms with Gasteiger partial charge in [0.05, 0.1) is 11.6 Å². The summed E-state index contributed by atoms with van der Waals surface area (Å²) in [4.78, 5) is 28.8. The Morgan fingerprint density at radius 3 is 2.36 bits per heavy atom. The molecule has 1 saturated carbocycles. The predicted octanol–water partition coefficient (Wildman–Crippen LogP) is 2.87. The lowest BCUT2D eigenvalue weighted by molar-refractivity contribution is -0.132. The SMILES string of the molecule is N#Cc1cccc(NC(=O)c2ccc(N3CCN(C(=O)C4CC4)CC3)cc2)c1. The van der Waals surface area contributed by atoms with Crippen molar-refractivity contribution in [2.75, 3.05) is 36.4 Å². The molecule has 2 amide bonds. The van der Waals surface area contributed by atoms with Crippen molar-refractivity contribution in [1.29, 1.82) is 5.26 Å². The first-order valence-electron chi connectivity index (χ1n) is 9.59. The van der Waals surface area contributed by atoms with Crippen LogP contribution in [0.2, 0.25) is 0 Å². The Hall–Kier alpha value is -3.33. The molecule has 0 aromatic heterocycles. The number of carbonyl (C=O) groups excluding carboxylic acids is 2. The first-order chi connectivity index (χ1) is 13.6. The van der Waals surface area contributed by atoms with Gasteiger partial charge in [-0.3, -0.25) is 9.59 Å². The molecule has 2 aliphatic rings. The minimum atomic E-state index is -0.207. The number of hydrogen-bond acceptors (Lipinski definition) is 4. The van der Waals surface area contributed by atoms with Gasteiger partial charge in [-0.2, -0.15) is 5.26 Å². The van der Waals surface area contributed by atoms with Gasteiger partial charge in [-0.25, -0.2) is 0 Å². The average molecular weight is 374 g/mol. The molecule has 0 bridgehead atoms. The van der Waals surface area contributed by atoms with Crippen molar-refractivity contribution < 1.29 is 9.59 Å². The maximum atomic E-state index is 12.4. The van der Waals surface area contributed by atoms with Gasteiger partial charge in [-0.15, -0.1) is 0 Å². The number of carbonyl (C=O) groups is 2. The minimum Gasteiger partial charge on any atom is -0.368 e. The third kappa shape index (κ3) is 3.99. The molecule has 0 spiro atoms. The Morgan fingerprint density at radius 2 is 1.71 bits per heavy atom. The highest BCUT2D eigenvalue weighted by Crippen LogP contribution is 2.31. The number of amides is 2. The van der Waals surface area contributed by atoms with Crippen LogP contribution in [0.4, 0.5) is 11.4 Å². The van der Waals surface area contributed by atoms with Crippen molar-refractivity contribution in [3.8, 4) is 6.07 Å². The summed E-state index contributed by atoms with van der Waals surface area (Å²) in [5.74, 6) is 0.381. The third-order valence-electron chi connectivity index (χ3n) is 5.26. The Balaban J connectivity index is 1.35. The Morgan fingerprint density at radius 1 is 1.00 bits per heavy atom. The summed E-state index contributed by atoms with van der Waals surface area (Å²) in [7, 11) is 0. The van der Waals surface area contributed by atoms with E-state index in [0.717, 1.165) is 44.7 Å². The van der Waals surface area contributed by atoms with E-state index in [1.54, 1.807) is 36.4 Å². The van der Waals surface area contributed by atoms with E-state index < -0.39 is 0 Å². The van der Waals surface area contributed by atoms with Gasteiger partial charge >= 0.3 is 0 Å². The number of hydrogen-bond donors (Lipinski definition) is 1. The maximum Gasteiger partial charge on any atom is 0.255 e. The largest absolute Gasteiger partial charge is 0.368 e. The van der Waals surface area contributed by atoms with Gasteiger partial charge in [-0.05, 0) is 55.3 Å². The molecule has 2 aromatic carbocycles. The van der Waals surface area contributed by atoms with E-state index >= 15 is 0 Å². The number of piperazine rings is 1. The van der Waals surface area contributed by atoms with Crippen LogP contribution >= 0.6 is 0 Å².